The second kappa shape index (κ2) is 10.6. The summed E-state index contributed by atoms with van der Waals surface area (Å²) in [5, 5.41) is 4.69. The molecule has 0 bridgehead atoms. The van der Waals surface area contributed by atoms with Gasteiger partial charge in [-0.05, 0) is 22.3 Å². The minimum atomic E-state index is -0.687. The number of amides is 3. The molecular formula is C24H22N2O4. The maximum Gasteiger partial charge on any atom is 0.321 e. The van der Waals surface area contributed by atoms with Crippen LogP contribution in [0.3, 0.4) is 0 Å². The van der Waals surface area contributed by atoms with Crippen molar-refractivity contribution < 1.29 is 19.1 Å². The predicted octanol–water partition coefficient (Wildman–Crippen LogP) is 3.47. The first kappa shape index (κ1) is 20.8. The lowest BCUT2D eigenvalue weighted by atomic mass is 10.0. The third kappa shape index (κ3) is 6.60. The highest BCUT2D eigenvalue weighted by Crippen LogP contribution is 2.19. The summed E-state index contributed by atoms with van der Waals surface area (Å²) in [5.41, 5.74) is 3.83. The molecule has 152 valence electrons. The van der Waals surface area contributed by atoms with E-state index in [0.717, 1.165) is 22.3 Å². The topological polar surface area (TPSA) is 84.5 Å². The first-order valence-corrected chi connectivity index (χ1v) is 9.52. The molecule has 0 radical (unpaired) electrons. The molecule has 0 heterocycles. The van der Waals surface area contributed by atoms with E-state index >= 15 is 0 Å². The lowest BCUT2D eigenvalue weighted by molar-refractivity contribution is -0.147. The van der Waals surface area contributed by atoms with Crippen LogP contribution in [0.4, 0.5) is 4.79 Å². The van der Waals surface area contributed by atoms with Gasteiger partial charge in [-0.1, -0.05) is 84.9 Å². The summed E-state index contributed by atoms with van der Waals surface area (Å²) in [6, 6.07) is 26.1. The summed E-state index contributed by atoms with van der Waals surface area (Å²) in [6.45, 7) is -0.224. The van der Waals surface area contributed by atoms with Gasteiger partial charge in [0.25, 0.3) is 5.91 Å². The summed E-state index contributed by atoms with van der Waals surface area (Å²) in [4.78, 5) is 35.5. The van der Waals surface area contributed by atoms with Gasteiger partial charge in [0.2, 0.25) is 0 Å². The number of esters is 1. The van der Waals surface area contributed by atoms with Gasteiger partial charge in [-0.25, -0.2) is 4.79 Å². The molecule has 0 spiro atoms. The third-order valence-electron chi connectivity index (χ3n) is 4.32. The first-order valence-electron chi connectivity index (χ1n) is 9.52. The van der Waals surface area contributed by atoms with Crippen molar-refractivity contribution in [3.8, 4) is 11.1 Å². The van der Waals surface area contributed by atoms with Crippen LogP contribution in [0.15, 0.2) is 84.9 Å². The summed E-state index contributed by atoms with van der Waals surface area (Å²) in [5.74, 6) is -1.23. The summed E-state index contributed by atoms with van der Waals surface area (Å²) >= 11 is 0. The first-order chi connectivity index (χ1) is 14.6. The summed E-state index contributed by atoms with van der Waals surface area (Å²) < 4.78 is 4.96. The fourth-order valence-corrected chi connectivity index (χ4v) is 2.79. The van der Waals surface area contributed by atoms with Gasteiger partial charge in [0.1, 0.15) is 0 Å². The van der Waals surface area contributed by atoms with Crippen molar-refractivity contribution >= 4 is 17.9 Å². The minimum Gasteiger partial charge on any atom is -0.455 e. The molecule has 0 saturated carbocycles. The van der Waals surface area contributed by atoms with Crippen LogP contribution in [0.1, 0.15) is 11.1 Å². The molecule has 0 aliphatic heterocycles. The maximum absolute atomic E-state index is 12.0. The number of imide groups is 1. The van der Waals surface area contributed by atoms with Crippen LogP contribution in [0, 0.1) is 0 Å². The van der Waals surface area contributed by atoms with E-state index in [1.807, 2.05) is 84.9 Å². The fraction of sp³-hybridized carbons (Fsp3) is 0.125. The average Bonchev–Trinajstić information content (AvgIpc) is 2.78. The Labute approximate surface area is 174 Å². The molecule has 3 aromatic carbocycles. The van der Waals surface area contributed by atoms with Gasteiger partial charge >= 0.3 is 12.0 Å². The van der Waals surface area contributed by atoms with E-state index in [1.54, 1.807) is 0 Å². The monoisotopic (exact) mass is 402 g/mol. The normalized spacial score (nSPS) is 10.1. The van der Waals surface area contributed by atoms with Crippen molar-refractivity contribution in [1.82, 2.24) is 10.6 Å². The lowest BCUT2D eigenvalue weighted by Gasteiger charge is -2.08. The Morgan fingerprint density at radius 2 is 1.30 bits per heavy atom. The van der Waals surface area contributed by atoms with E-state index in [-0.39, 0.29) is 6.42 Å². The van der Waals surface area contributed by atoms with E-state index in [9.17, 15) is 14.4 Å². The van der Waals surface area contributed by atoms with Crippen LogP contribution < -0.4 is 10.6 Å². The molecule has 6 nitrogen and oxygen atoms in total. The molecule has 6 heteroatoms. The number of urea groups is 1. The number of carbonyl (C=O) groups is 3. The molecule has 3 aromatic rings. The number of ether oxygens (including phenoxy) is 1. The highest BCUT2D eigenvalue weighted by atomic mass is 16.5. The SMILES string of the molecule is O=C(COC(=O)Cc1ccc(-c2ccccc2)cc1)NC(=O)NCc1ccccc1. The number of hydrogen-bond acceptors (Lipinski definition) is 4. The van der Waals surface area contributed by atoms with Gasteiger partial charge in [-0.15, -0.1) is 0 Å². The number of carbonyl (C=O) groups excluding carboxylic acids is 3. The average molecular weight is 402 g/mol. The molecule has 0 saturated heterocycles. The Balaban J connectivity index is 1.38. The number of rotatable bonds is 7. The quantitative estimate of drug-likeness (QED) is 0.593. The van der Waals surface area contributed by atoms with Gasteiger partial charge in [0.15, 0.2) is 6.61 Å². The van der Waals surface area contributed by atoms with Crippen molar-refractivity contribution in [2.24, 2.45) is 0 Å². The van der Waals surface area contributed by atoms with E-state index in [1.165, 1.54) is 0 Å². The summed E-state index contributed by atoms with van der Waals surface area (Å²) in [7, 11) is 0. The predicted molar refractivity (Wildman–Crippen MR) is 113 cm³/mol. The fourth-order valence-electron chi connectivity index (χ4n) is 2.79. The van der Waals surface area contributed by atoms with Gasteiger partial charge < -0.3 is 10.1 Å². The van der Waals surface area contributed by atoms with Crippen LogP contribution in [-0.4, -0.2) is 24.5 Å². The van der Waals surface area contributed by atoms with Crippen molar-refractivity contribution in [2.75, 3.05) is 6.61 Å². The smallest absolute Gasteiger partial charge is 0.321 e. The van der Waals surface area contributed by atoms with Crippen LogP contribution in [-0.2, 0) is 27.3 Å². The van der Waals surface area contributed by atoms with Crippen LogP contribution >= 0.6 is 0 Å². The maximum atomic E-state index is 12.0. The van der Waals surface area contributed by atoms with Crippen LogP contribution in [0.25, 0.3) is 11.1 Å². The number of nitrogens with one attached hydrogen (secondary N) is 2. The highest BCUT2D eigenvalue weighted by molar-refractivity contribution is 5.95. The Bertz CT molecular complexity index is 987. The highest BCUT2D eigenvalue weighted by Gasteiger charge is 2.11. The van der Waals surface area contributed by atoms with Gasteiger partial charge in [0, 0.05) is 6.54 Å². The summed E-state index contributed by atoms with van der Waals surface area (Å²) in [6.07, 6.45) is 0.0442. The van der Waals surface area contributed by atoms with Gasteiger partial charge in [-0.3, -0.25) is 14.9 Å². The van der Waals surface area contributed by atoms with Gasteiger partial charge in [0.05, 0.1) is 6.42 Å². The second-order valence-corrected chi connectivity index (χ2v) is 6.62. The van der Waals surface area contributed by atoms with Crippen LogP contribution in [0.2, 0.25) is 0 Å². The third-order valence-corrected chi connectivity index (χ3v) is 4.32. The lowest BCUT2D eigenvalue weighted by Crippen LogP contribution is -2.41. The zero-order chi connectivity index (χ0) is 21.2. The molecule has 0 fully saturated rings. The van der Waals surface area contributed by atoms with E-state index < -0.39 is 24.5 Å². The van der Waals surface area contributed by atoms with Crippen molar-refractivity contribution in [2.45, 2.75) is 13.0 Å². The van der Waals surface area contributed by atoms with E-state index in [0.29, 0.717) is 6.54 Å². The van der Waals surface area contributed by atoms with Gasteiger partial charge in [-0.2, -0.15) is 0 Å². The molecule has 0 unspecified atom stereocenters. The molecular weight excluding hydrogens is 380 g/mol. The molecule has 0 aromatic heterocycles. The second-order valence-electron chi connectivity index (χ2n) is 6.62. The van der Waals surface area contributed by atoms with Crippen molar-refractivity contribution in [1.29, 1.82) is 0 Å². The van der Waals surface area contributed by atoms with Crippen LogP contribution in [0.5, 0.6) is 0 Å². The van der Waals surface area contributed by atoms with E-state index in [2.05, 4.69) is 10.6 Å². The Hall–Kier alpha value is -3.93. The molecule has 0 aliphatic carbocycles. The molecule has 3 rings (SSSR count). The molecule has 3 amide bonds. The van der Waals surface area contributed by atoms with Crippen molar-refractivity contribution in [3.63, 3.8) is 0 Å². The largest absolute Gasteiger partial charge is 0.455 e. The number of benzene rings is 3. The zero-order valence-corrected chi connectivity index (χ0v) is 16.3. The zero-order valence-electron chi connectivity index (χ0n) is 16.3. The minimum absolute atomic E-state index is 0.0442. The standard InChI is InChI=1S/C24H22N2O4/c27-22(26-24(29)25-16-19-7-3-1-4-8-19)17-30-23(28)15-18-11-13-21(14-12-18)20-9-5-2-6-10-20/h1-14H,15-17H2,(H2,25,26,27,29). The Morgan fingerprint density at radius 3 is 1.97 bits per heavy atom. The van der Waals surface area contributed by atoms with E-state index in [4.69, 9.17) is 4.74 Å². The molecule has 0 aliphatic rings. The Morgan fingerprint density at radius 1 is 0.700 bits per heavy atom. The molecule has 2 N–H and O–H groups in total. The molecule has 0 atom stereocenters. The van der Waals surface area contributed by atoms with Crippen molar-refractivity contribution in [3.05, 3.63) is 96.1 Å². The number of hydrogen-bond donors (Lipinski definition) is 2. The molecule has 30 heavy (non-hydrogen) atoms. The Kier molecular flexibility index (Phi) is 7.33.